The molecule has 0 atom stereocenters. The number of aromatic nitrogens is 1. The number of fused-ring (bicyclic) bond motifs is 3. The fourth-order valence-electron chi connectivity index (χ4n) is 2.53. The van der Waals surface area contributed by atoms with Gasteiger partial charge in [-0.05, 0) is 31.9 Å². The average molecular weight is 261 g/mol. The van der Waals surface area contributed by atoms with Crippen LogP contribution in [0.25, 0.3) is 27.6 Å². The van der Waals surface area contributed by atoms with E-state index in [-0.39, 0.29) is 0 Å². The maximum Gasteiger partial charge on any atom is 0.135 e. The summed E-state index contributed by atoms with van der Waals surface area (Å²) in [4.78, 5) is 8.07. The van der Waals surface area contributed by atoms with Crippen molar-refractivity contribution in [1.29, 1.82) is 0 Å². The molecule has 3 rings (SSSR count). The van der Waals surface area contributed by atoms with E-state index < -0.39 is 0 Å². The van der Waals surface area contributed by atoms with Crippen LogP contribution in [-0.2, 0) is 0 Å². The fraction of sp³-hybridized carbons (Fsp3) is 0.0588. The van der Waals surface area contributed by atoms with Crippen molar-refractivity contribution in [3.63, 3.8) is 0 Å². The van der Waals surface area contributed by atoms with Gasteiger partial charge in [0.25, 0.3) is 0 Å². The number of hydrogen-bond acceptors (Lipinski definition) is 1. The van der Waals surface area contributed by atoms with Crippen molar-refractivity contribution in [2.75, 3.05) is 0 Å². The highest BCUT2D eigenvalue weighted by molar-refractivity contribution is 6.10. The molecule has 0 bridgehead atoms. The van der Waals surface area contributed by atoms with Crippen LogP contribution in [0.1, 0.15) is 6.92 Å². The smallest absolute Gasteiger partial charge is 0.135 e. The summed E-state index contributed by atoms with van der Waals surface area (Å²) in [5.74, 6) is 0.842. The fourth-order valence-corrected chi connectivity index (χ4v) is 2.53. The molecule has 2 aromatic carbocycles. The van der Waals surface area contributed by atoms with Gasteiger partial charge in [-0.15, -0.1) is 0 Å². The van der Waals surface area contributed by atoms with Gasteiger partial charge in [-0.2, -0.15) is 0 Å². The first kappa shape index (κ1) is 12.4. The quantitative estimate of drug-likeness (QED) is 0.496. The first-order valence-corrected chi connectivity index (χ1v) is 6.50. The van der Waals surface area contributed by atoms with E-state index in [2.05, 4.69) is 57.7 Å². The van der Waals surface area contributed by atoms with Gasteiger partial charge in [0, 0.05) is 10.8 Å². The number of hydrogen-bond donors (Lipinski definition) is 0. The molecule has 0 amide bonds. The van der Waals surface area contributed by atoms with Gasteiger partial charge in [0.1, 0.15) is 12.2 Å². The predicted octanol–water partition coefficient (Wildman–Crippen LogP) is 4.34. The highest BCUT2D eigenvalue weighted by Gasteiger charge is 2.11. The second-order valence-corrected chi connectivity index (χ2v) is 4.44. The lowest BCUT2D eigenvalue weighted by Gasteiger charge is -2.06. The Labute approximate surface area is 117 Å². The van der Waals surface area contributed by atoms with E-state index in [9.17, 15) is 0 Å². The zero-order chi connectivity index (χ0) is 13.9. The Morgan fingerprint density at radius 2 is 1.55 bits per heavy atom. The lowest BCUT2D eigenvalue weighted by atomic mass is 10.2. The first-order chi connectivity index (χ1) is 9.86. The van der Waals surface area contributed by atoms with E-state index in [4.69, 9.17) is 0 Å². The Morgan fingerprint density at radius 3 is 2.05 bits per heavy atom. The SMILES string of the molecule is C=NC=N/C(=C\C)n1c2ccccc2c2ccccc21. The van der Waals surface area contributed by atoms with Crippen LogP contribution in [0.4, 0.5) is 0 Å². The Bertz CT molecular complexity index is 784. The third-order valence-corrected chi connectivity index (χ3v) is 3.34. The van der Waals surface area contributed by atoms with Gasteiger partial charge in [-0.25, -0.2) is 4.99 Å². The average Bonchev–Trinajstić information content (AvgIpc) is 2.84. The van der Waals surface area contributed by atoms with E-state index in [1.807, 2.05) is 25.1 Å². The maximum atomic E-state index is 4.37. The Hall–Kier alpha value is -2.68. The second kappa shape index (κ2) is 5.13. The minimum Gasteiger partial charge on any atom is -0.294 e. The zero-order valence-electron chi connectivity index (χ0n) is 11.3. The molecule has 0 unspecified atom stereocenters. The van der Waals surface area contributed by atoms with Crippen LogP contribution in [0.2, 0.25) is 0 Å². The lowest BCUT2D eigenvalue weighted by molar-refractivity contribution is 1.17. The van der Waals surface area contributed by atoms with Crippen LogP contribution < -0.4 is 0 Å². The van der Waals surface area contributed by atoms with E-state index in [0.29, 0.717) is 0 Å². The number of aliphatic imine (C=N–C) groups is 2. The Balaban J connectivity index is 2.42. The summed E-state index contributed by atoms with van der Waals surface area (Å²) in [7, 11) is 0. The zero-order valence-corrected chi connectivity index (χ0v) is 11.3. The van der Waals surface area contributed by atoms with Crippen LogP contribution in [0.15, 0.2) is 64.6 Å². The number of allylic oxidation sites excluding steroid dienone is 1. The molecule has 0 aliphatic rings. The minimum absolute atomic E-state index is 0.842. The minimum atomic E-state index is 0.842. The van der Waals surface area contributed by atoms with E-state index >= 15 is 0 Å². The highest BCUT2D eigenvalue weighted by atomic mass is 15.1. The summed E-state index contributed by atoms with van der Waals surface area (Å²) in [6.45, 7) is 5.41. The van der Waals surface area contributed by atoms with Gasteiger partial charge >= 0.3 is 0 Å². The van der Waals surface area contributed by atoms with Gasteiger partial charge in [-0.1, -0.05) is 36.4 Å². The van der Waals surface area contributed by atoms with Crippen molar-refractivity contribution in [1.82, 2.24) is 4.57 Å². The van der Waals surface area contributed by atoms with Crippen molar-refractivity contribution in [2.24, 2.45) is 9.98 Å². The van der Waals surface area contributed by atoms with Gasteiger partial charge in [0.05, 0.1) is 11.0 Å². The van der Waals surface area contributed by atoms with Crippen molar-refractivity contribution in [3.05, 3.63) is 54.6 Å². The monoisotopic (exact) mass is 261 g/mol. The summed E-state index contributed by atoms with van der Waals surface area (Å²) >= 11 is 0. The van der Waals surface area contributed by atoms with Crippen LogP contribution in [-0.4, -0.2) is 17.6 Å². The topological polar surface area (TPSA) is 29.6 Å². The number of rotatable bonds is 3. The molecule has 1 aromatic heterocycles. The Morgan fingerprint density at radius 1 is 1.00 bits per heavy atom. The van der Waals surface area contributed by atoms with Crippen molar-refractivity contribution in [2.45, 2.75) is 6.92 Å². The summed E-state index contributed by atoms with van der Waals surface area (Å²) in [5, 5.41) is 2.45. The van der Waals surface area contributed by atoms with E-state index in [1.54, 1.807) is 0 Å². The second-order valence-electron chi connectivity index (χ2n) is 4.44. The van der Waals surface area contributed by atoms with Crippen molar-refractivity contribution < 1.29 is 0 Å². The van der Waals surface area contributed by atoms with Gasteiger partial charge in [-0.3, -0.25) is 9.56 Å². The molecule has 3 aromatic rings. The molecule has 3 heteroatoms. The Kier molecular flexibility index (Phi) is 3.17. The van der Waals surface area contributed by atoms with Gasteiger partial charge in [0.2, 0.25) is 0 Å². The summed E-state index contributed by atoms with van der Waals surface area (Å²) < 4.78 is 2.15. The third-order valence-electron chi connectivity index (χ3n) is 3.34. The highest BCUT2D eigenvalue weighted by Crippen LogP contribution is 2.31. The number of para-hydroxylation sites is 2. The largest absolute Gasteiger partial charge is 0.294 e. The molecule has 0 saturated carbocycles. The molecule has 0 fully saturated rings. The molecular weight excluding hydrogens is 246 g/mol. The number of nitrogens with zero attached hydrogens (tertiary/aromatic N) is 3. The molecule has 0 saturated heterocycles. The molecule has 20 heavy (non-hydrogen) atoms. The van der Waals surface area contributed by atoms with Crippen LogP contribution in [0.5, 0.6) is 0 Å². The van der Waals surface area contributed by atoms with Crippen molar-refractivity contribution in [3.8, 4) is 0 Å². The van der Waals surface area contributed by atoms with E-state index in [1.165, 1.54) is 17.1 Å². The third kappa shape index (κ3) is 1.84. The standard InChI is InChI=1S/C17H15N3/c1-3-17(19-12-18-2)20-15-10-6-4-8-13(15)14-9-5-7-11-16(14)20/h3-12H,2H2,1H3/b17-3+,19-12?. The molecule has 0 aliphatic heterocycles. The van der Waals surface area contributed by atoms with Crippen molar-refractivity contribution >= 4 is 40.7 Å². The molecule has 0 spiro atoms. The molecule has 1 heterocycles. The molecule has 0 aliphatic carbocycles. The number of benzene rings is 2. The summed E-state index contributed by atoms with van der Waals surface area (Å²) in [5.41, 5.74) is 2.28. The molecule has 3 nitrogen and oxygen atoms in total. The van der Waals surface area contributed by atoms with Crippen LogP contribution in [0.3, 0.4) is 0 Å². The van der Waals surface area contributed by atoms with Crippen LogP contribution >= 0.6 is 0 Å². The molecule has 98 valence electrons. The maximum absolute atomic E-state index is 4.37. The summed E-state index contributed by atoms with van der Waals surface area (Å²) in [6, 6.07) is 16.7. The molecule has 0 N–H and O–H groups in total. The normalized spacial score (nSPS) is 12.6. The summed E-state index contributed by atoms with van der Waals surface area (Å²) in [6.07, 6.45) is 3.44. The van der Waals surface area contributed by atoms with Gasteiger partial charge in [0.15, 0.2) is 0 Å². The first-order valence-electron chi connectivity index (χ1n) is 6.50. The van der Waals surface area contributed by atoms with Crippen LogP contribution in [0, 0.1) is 0 Å². The molecular formula is C17H15N3. The molecule has 0 radical (unpaired) electrons. The lowest BCUT2D eigenvalue weighted by Crippen LogP contribution is -1.94. The van der Waals surface area contributed by atoms with E-state index in [0.717, 1.165) is 16.9 Å². The van der Waals surface area contributed by atoms with Gasteiger partial charge < -0.3 is 0 Å². The predicted molar refractivity (Wildman–Crippen MR) is 87.4 cm³/mol.